The van der Waals surface area contributed by atoms with Gasteiger partial charge in [0.1, 0.15) is 0 Å². The molecule has 0 spiro atoms. The summed E-state index contributed by atoms with van der Waals surface area (Å²) in [6, 6.07) is 3.89. The van der Waals surface area contributed by atoms with Gasteiger partial charge in [0, 0.05) is 19.4 Å². The molecule has 19 heavy (non-hydrogen) atoms. The zero-order valence-electron chi connectivity index (χ0n) is 10.5. The van der Waals surface area contributed by atoms with Gasteiger partial charge >= 0.3 is 0 Å². The lowest BCUT2D eigenvalue weighted by atomic mass is 10.2. The van der Waals surface area contributed by atoms with Crippen molar-refractivity contribution in [2.45, 2.75) is 19.3 Å². The molecule has 2 rings (SSSR count). The zero-order valence-corrected chi connectivity index (χ0v) is 11.3. The van der Waals surface area contributed by atoms with Crippen LogP contribution in [0.5, 0.6) is 0 Å². The van der Waals surface area contributed by atoms with E-state index in [-0.39, 0.29) is 5.91 Å². The number of aryl methyl sites for hydroxylation is 1. The maximum absolute atomic E-state index is 11.4. The first-order valence-electron chi connectivity index (χ1n) is 6.03. The van der Waals surface area contributed by atoms with Gasteiger partial charge in [0.2, 0.25) is 17.6 Å². The first kappa shape index (κ1) is 13.5. The molecule has 2 aromatic heterocycles. The van der Waals surface area contributed by atoms with Gasteiger partial charge in [-0.15, -0.1) is 17.9 Å². The highest BCUT2D eigenvalue weighted by atomic mass is 32.1. The van der Waals surface area contributed by atoms with E-state index in [1.165, 1.54) is 0 Å². The van der Waals surface area contributed by atoms with Crippen LogP contribution in [0.1, 0.15) is 18.7 Å². The Hall–Kier alpha value is -1.95. The molecule has 1 N–H and O–H groups in total. The zero-order chi connectivity index (χ0) is 13.5. The van der Waals surface area contributed by atoms with Crippen LogP contribution < -0.4 is 5.32 Å². The Kier molecular flexibility index (Phi) is 4.85. The van der Waals surface area contributed by atoms with E-state index < -0.39 is 0 Å². The lowest BCUT2D eigenvalue weighted by Crippen LogP contribution is -2.22. The highest BCUT2D eigenvalue weighted by Gasteiger charge is 2.09. The molecule has 0 unspecified atom stereocenters. The molecule has 5 nitrogen and oxygen atoms in total. The Morgan fingerprint density at radius 3 is 3.21 bits per heavy atom. The van der Waals surface area contributed by atoms with Gasteiger partial charge in [0.05, 0.1) is 4.88 Å². The summed E-state index contributed by atoms with van der Waals surface area (Å²) in [6.45, 7) is 4.04. The second kappa shape index (κ2) is 6.84. The predicted octanol–water partition coefficient (Wildman–Crippen LogP) is 2.42. The summed E-state index contributed by atoms with van der Waals surface area (Å²) in [7, 11) is 0. The third-order valence-electron chi connectivity index (χ3n) is 2.45. The Morgan fingerprint density at radius 1 is 1.58 bits per heavy atom. The van der Waals surface area contributed by atoms with E-state index >= 15 is 0 Å². The Balaban J connectivity index is 1.78. The predicted molar refractivity (Wildman–Crippen MR) is 73.8 cm³/mol. The van der Waals surface area contributed by atoms with Crippen LogP contribution in [0, 0.1) is 0 Å². The molecule has 6 heteroatoms. The molecule has 0 bridgehead atoms. The van der Waals surface area contributed by atoms with E-state index in [4.69, 9.17) is 4.52 Å². The quantitative estimate of drug-likeness (QED) is 0.789. The summed E-state index contributed by atoms with van der Waals surface area (Å²) < 4.78 is 5.15. The minimum atomic E-state index is 0.0119. The highest BCUT2D eigenvalue weighted by molar-refractivity contribution is 7.13. The molecule has 100 valence electrons. The van der Waals surface area contributed by atoms with Gasteiger partial charge in [-0.05, 0) is 17.9 Å². The molecule has 0 saturated carbocycles. The van der Waals surface area contributed by atoms with Crippen molar-refractivity contribution in [1.29, 1.82) is 0 Å². The molecule has 0 aliphatic carbocycles. The molecule has 2 aromatic rings. The van der Waals surface area contributed by atoms with Gasteiger partial charge in [-0.1, -0.05) is 17.3 Å². The van der Waals surface area contributed by atoms with Crippen molar-refractivity contribution in [3.63, 3.8) is 0 Å². The first-order valence-corrected chi connectivity index (χ1v) is 6.91. The molecule has 0 saturated heterocycles. The van der Waals surface area contributed by atoms with Crippen molar-refractivity contribution in [2.75, 3.05) is 6.54 Å². The van der Waals surface area contributed by atoms with Crippen LogP contribution in [0.15, 0.2) is 34.7 Å². The average molecular weight is 277 g/mol. The number of nitrogens with one attached hydrogen (secondary N) is 1. The van der Waals surface area contributed by atoms with E-state index in [0.29, 0.717) is 37.5 Å². The molecular weight excluding hydrogens is 262 g/mol. The number of carbonyl (C=O) groups is 1. The second-order valence-corrected chi connectivity index (χ2v) is 4.88. The topological polar surface area (TPSA) is 68.0 Å². The van der Waals surface area contributed by atoms with Crippen molar-refractivity contribution in [3.05, 3.63) is 36.1 Å². The van der Waals surface area contributed by atoms with Crippen LogP contribution in [0.4, 0.5) is 0 Å². The Bertz CT molecular complexity index is 534. The molecule has 0 fully saturated rings. The molecular formula is C13H15N3O2S. The summed E-state index contributed by atoms with van der Waals surface area (Å²) in [5.74, 6) is 1.19. The fourth-order valence-electron chi connectivity index (χ4n) is 1.54. The SMILES string of the molecule is C=CCNC(=O)CCCc1nc(-c2cccs2)no1. The minimum Gasteiger partial charge on any atom is -0.353 e. The summed E-state index contributed by atoms with van der Waals surface area (Å²) in [4.78, 5) is 16.6. The average Bonchev–Trinajstić information content (AvgIpc) is 3.06. The summed E-state index contributed by atoms with van der Waals surface area (Å²) in [6.07, 6.45) is 3.41. The maximum Gasteiger partial charge on any atom is 0.226 e. The fraction of sp³-hybridized carbons (Fsp3) is 0.308. The molecule has 0 aliphatic rings. The van der Waals surface area contributed by atoms with Crippen LogP contribution >= 0.6 is 11.3 Å². The number of rotatable bonds is 7. The smallest absolute Gasteiger partial charge is 0.226 e. The van der Waals surface area contributed by atoms with Crippen LogP contribution in [0.3, 0.4) is 0 Å². The minimum absolute atomic E-state index is 0.0119. The number of carbonyl (C=O) groups excluding carboxylic acids is 1. The van der Waals surface area contributed by atoms with Crippen LogP contribution in [0.2, 0.25) is 0 Å². The molecule has 0 aromatic carbocycles. The number of nitrogens with zero attached hydrogens (tertiary/aromatic N) is 2. The maximum atomic E-state index is 11.4. The van der Waals surface area contributed by atoms with Crippen molar-refractivity contribution in [1.82, 2.24) is 15.5 Å². The highest BCUT2D eigenvalue weighted by Crippen LogP contribution is 2.21. The molecule has 2 heterocycles. The normalized spacial score (nSPS) is 10.3. The van der Waals surface area contributed by atoms with E-state index in [9.17, 15) is 4.79 Å². The third-order valence-corrected chi connectivity index (χ3v) is 3.31. The molecule has 0 aliphatic heterocycles. The first-order chi connectivity index (χ1) is 9.29. The van der Waals surface area contributed by atoms with Crippen molar-refractivity contribution < 1.29 is 9.32 Å². The van der Waals surface area contributed by atoms with Crippen molar-refractivity contribution >= 4 is 17.2 Å². The Labute approximate surface area is 115 Å². The van der Waals surface area contributed by atoms with Gasteiger partial charge in [-0.2, -0.15) is 4.98 Å². The number of aromatic nitrogens is 2. The lowest BCUT2D eigenvalue weighted by Gasteiger charge is -1.99. The molecule has 1 amide bonds. The van der Waals surface area contributed by atoms with E-state index in [2.05, 4.69) is 22.0 Å². The number of thiophene rings is 1. The number of amides is 1. The van der Waals surface area contributed by atoms with E-state index in [0.717, 1.165) is 4.88 Å². The summed E-state index contributed by atoms with van der Waals surface area (Å²) >= 11 is 1.57. The largest absolute Gasteiger partial charge is 0.353 e. The van der Waals surface area contributed by atoms with Gasteiger partial charge in [-0.25, -0.2) is 0 Å². The Morgan fingerprint density at radius 2 is 2.47 bits per heavy atom. The molecule has 0 radical (unpaired) electrons. The van der Waals surface area contributed by atoms with Crippen molar-refractivity contribution in [2.24, 2.45) is 0 Å². The van der Waals surface area contributed by atoms with Crippen LogP contribution in [-0.2, 0) is 11.2 Å². The second-order valence-electron chi connectivity index (χ2n) is 3.94. The van der Waals surface area contributed by atoms with Gasteiger partial charge < -0.3 is 9.84 Å². The van der Waals surface area contributed by atoms with E-state index in [1.807, 2.05) is 17.5 Å². The number of hydrogen-bond acceptors (Lipinski definition) is 5. The molecule has 0 atom stereocenters. The number of hydrogen-bond donors (Lipinski definition) is 1. The van der Waals surface area contributed by atoms with E-state index in [1.54, 1.807) is 17.4 Å². The lowest BCUT2D eigenvalue weighted by molar-refractivity contribution is -0.120. The van der Waals surface area contributed by atoms with Gasteiger partial charge in [0.25, 0.3) is 0 Å². The third kappa shape index (κ3) is 4.03. The van der Waals surface area contributed by atoms with Crippen LogP contribution in [0.25, 0.3) is 10.7 Å². The standard InChI is InChI=1S/C13H15N3O2S/c1-2-8-14-11(17)6-3-7-12-15-13(16-18-12)10-5-4-9-19-10/h2,4-5,9H,1,3,6-8H2,(H,14,17). The summed E-state index contributed by atoms with van der Waals surface area (Å²) in [5.41, 5.74) is 0. The fourth-order valence-corrected chi connectivity index (χ4v) is 2.19. The van der Waals surface area contributed by atoms with Crippen molar-refractivity contribution in [3.8, 4) is 10.7 Å². The monoisotopic (exact) mass is 277 g/mol. The van der Waals surface area contributed by atoms with Gasteiger partial charge in [-0.3, -0.25) is 4.79 Å². The van der Waals surface area contributed by atoms with Gasteiger partial charge in [0.15, 0.2) is 0 Å². The summed E-state index contributed by atoms with van der Waals surface area (Å²) in [5, 5.41) is 8.61. The van der Waals surface area contributed by atoms with Crippen LogP contribution in [-0.4, -0.2) is 22.6 Å².